The third kappa shape index (κ3) is 2.61. The van der Waals surface area contributed by atoms with Crippen molar-refractivity contribution in [2.24, 2.45) is 5.92 Å². The van der Waals surface area contributed by atoms with Crippen LogP contribution in [-0.4, -0.2) is 35.9 Å². The van der Waals surface area contributed by atoms with Crippen LogP contribution < -0.4 is 0 Å². The number of sulfonamides is 1. The summed E-state index contributed by atoms with van der Waals surface area (Å²) in [7, 11) is -3.57. The van der Waals surface area contributed by atoms with Gasteiger partial charge in [-0.1, -0.05) is 30.3 Å². The van der Waals surface area contributed by atoms with E-state index in [4.69, 9.17) is 0 Å². The fourth-order valence-corrected chi connectivity index (χ4v) is 5.11. The van der Waals surface area contributed by atoms with E-state index in [1.165, 1.54) is 9.71 Å². The number of carbonyl (C=O) groups is 1. The molecule has 5 nitrogen and oxygen atoms in total. The van der Waals surface area contributed by atoms with Crippen molar-refractivity contribution in [3.8, 4) is 0 Å². The van der Waals surface area contributed by atoms with Crippen molar-refractivity contribution in [3.63, 3.8) is 0 Å². The highest BCUT2D eigenvalue weighted by molar-refractivity contribution is 7.92. The fraction of sp³-hybridized carbons (Fsp3) is 0.400. The Labute approximate surface area is 123 Å². The molecule has 0 radical (unpaired) electrons. The van der Waals surface area contributed by atoms with Gasteiger partial charge in [0.2, 0.25) is 10.0 Å². The van der Waals surface area contributed by atoms with Crippen molar-refractivity contribution < 1.29 is 18.3 Å². The van der Waals surface area contributed by atoms with E-state index in [0.29, 0.717) is 12.8 Å². The van der Waals surface area contributed by atoms with Gasteiger partial charge in [-0.2, -0.15) is 4.31 Å². The van der Waals surface area contributed by atoms with E-state index in [1.54, 1.807) is 6.08 Å². The summed E-state index contributed by atoms with van der Waals surface area (Å²) in [5.74, 6) is -1.46. The summed E-state index contributed by atoms with van der Waals surface area (Å²) in [6.07, 6.45) is 3.38. The average Bonchev–Trinajstić information content (AvgIpc) is 3.05. The molecule has 0 saturated carbocycles. The van der Waals surface area contributed by atoms with E-state index in [-0.39, 0.29) is 6.04 Å². The SMILES string of the molecule is O=C(O)C1CC2CCC1N2S(=O)(=O)C=Cc1ccccc1. The minimum Gasteiger partial charge on any atom is -0.481 e. The number of nitrogens with zero attached hydrogens (tertiary/aromatic N) is 1. The summed E-state index contributed by atoms with van der Waals surface area (Å²) >= 11 is 0. The smallest absolute Gasteiger partial charge is 0.308 e. The normalized spacial score (nSPS) is 29.2. The van der Waals surface area contributed by atoms with Crippen molar-refractivity contribution in [1.29, 1.82) is 0 Å². The van der Waals surface area contributed by atoms with Gasteiger partial charge in [-0.3, -0.25) is 4.79 Å². The Kier molecular flexibility index (Phi) is 3.59. The van der Waals surface area contributed by atoms with Crippen LogP contribution in [0.1, 0.15) is 24.8 Å². The zero-order valence-corrected chi connectivity index (χ0v) is 12.2. The first-order valence-corrected chi connectivity index (χ1v) is 8.49. The van der Waals surface area contributed by atoms with Crippen LogP contribution in [0, 0.1) is 5.92 Å². The molecule has 2 aliphatic heterocycles. The Bertz CT molecular complexity index is 668. The number of aliphatic carboxylic acids is 1. The van der Waals surface area contributed by atoms with Crippen LogP contribution in [0.15, 0.2) is 35.7 Å². The molecule has 1 aromatic carbocycles. The third-order valence-electron chi connectivity index (χ3n) is 4.32. The van der Waals surface area contributed by atoms with Crippen LogP contribution in [-0.2, 0) is 14.8 Å². The lowest BCUT2D eigenvalue weighted by atomic mass is 9.89. The van der Waals surface area contributed by atoms with Gasteiger partial charge in [0.05, 0.1) is 5.92 Å². The fourth-order valence-electron chi connectivity index (χ4n) is 3.40. The lowest BCUT2D eigenvalue weighted by Gasteiger charge is -2.20. The Balaban J connectivity index is 1.83. The van der Waals surface area contributed by atoms with E-state index in [9.17, 15) is 18.3 Å². The molecule has 2 bridgehead atoms. The van der Waals surface area contributed by atoms with Gasteiger partial charge >= 0.3 is 5.97 Å². The minimum absolute atomic E-state index is 0.165. The minimum atomic E-state index is -3.57. The summed E-state index contributed by atoms with van der Waals surface area (Å²) in [6.45, 7) is 0. The summed E-state index contributed by atoms with van der Waals surface area (Å²) in [5, 5.41) is 10.4. The largest absolute Gasteiger partial charge is 0.481 e. The average molecular weight is 307 g/mol. The molecule has 0 spiro atoms. The van der Waals surface area contributed by atoms with Crippen LogP contribution in [0.3, 0.4) is 0 Å². The van der Waals surface area contributed by atoms with Gasteiger partial charge in [0.15, 0.2) is 0 Å². The summed E-state index contributed by atoms with van der Waals surface area (Å²) in [4.78, 5) is 11.2. The molecule has 1 aromatic rings. The molecule has 3 atom stereocenters. The van der Waals surface area contributed by atoms with Crippen molar-refractivity contribution >= 4 is 22.1 Å². The topological polar surface area (TPSA) is 74.7 Å². The number of hydrogen-bond acceptors (Lipinski definition) is 3. The molecule has 2 fully saturated rings. The number of rotatable bonds is 4. The zero-order chi connectivity index (χ0) is 15.0. The molecule has 0 aromatic heterocycles. The maximum atomic E-state index is 12.5. The van der Waals surface area contributed by atoms with E-state index in [0.717, 1.165) is 12.0 Å². The van der Waals surface area contributed by atoms with Crippen LogP contribution in [0.5, 0.6) is 0 Å². The Morgan fingerprint density at radius 1 is 1.24 bits per heavy atom. The van der Waals surface area contributed by atoms with Crippen LogP contribution in [0.25, 0.3) is 6.08 Å². The molecule has 21 heavy (non-hydrogen) atoms. The van der Waals surface area contributed by atoms with Crippen molar-refractivity contribution in [3.05, 3.63) is 41.3 Å². The molecule has 0 aliphatic carbocycles. The van der Waals surface area contributed by atoms with E-state index < -0.39 is 28.0 Å². The molecular weight excluding hydrogens is 290 g/mol. The molecule has 2 heterocycles. The van der Waals surface area contributed by atoms with Crippen molar-refractivity contribution in [1.82, 2.24) is 4.31 Å². The van der Waals surface area contributed by atoms with E-state index >= 15 is 0 Å². The number of benzene rings is 1. The number of fused-ring (bicyclic) bond motifs is 2. The second-order valence-corrected chi connectivity index (χ2v) is 7.29. The molecule has 3 rings (SSSR count). The number of carboxylic acid groups (broad SMARTS) is 1. The number of hydrogen-bond donors (Lipinski definition) is 1. The lowest BCUT2D eigenvalue weighted by Crippen LogP contribution is -2.36. The monoisotopic (exact) mass is 307 g/mol. The van der Waals surface area contributed by atoms with Gasteiger partial charge < -0.3 is 5.11 Å². The molecular formula is C15H17NO4S. The lowest BCUT2D eigenvalue weighted by molar-refractivity contribution is -0.142. The molecule has 6 heteroatoms. The molecule has 3 unspecified atom stereocenters. The molecule has 112 valence electrons. The highest BCUT2D eigenvalue weighted by atomic mass is 32.2. The van der Waals surface area contributed by atoms with Crippen LogP contribution in [0.4, 0.5) is 0 Å². The predicted molar refractivity (Wildman–Crippen MR) is 78.8 cm³/mol. The predicted octanol–water partition coefficient (Wildman–Crippen LogP) is 1.92. The Morgan fingerprint density at radius 2 is 1.95 bits per heavy atom. The maximum absolute atomic E-state index is 12.5. The van der Waals surface area contributed by atoms with Gasteiger partial charge in [-0.15, -0.1) is 0 Å². The Morgan fingerprint density at radius 3 is 2.57 bits per heavy atom. The highest BCUT2D eigenvalue weighted by Crippen LogP contribution is 2.43. The number of carboxylic acids is 1. The van der Waals surface area contributed by atoms with Gasteiger partial charge in [0, 0.05) is 17.5 Å². The van der Waals surface area contributed by atoms with Gasteiger partial charge in [-0.05, 0) is 30.9 Å². The molecule has 2 saturated heterocycles. The first-order valence-electron chi connectivity index (χ1n) is 6.98. The van der Waals surface area contributed by atoms with E-state index in [1.807, 2.05) is 30.3 Å². The Hall–Kier alpha value is -1.66. The van der Waals surface area contributed by atoms with Gasteiger partial charge in [0.1, 0.15) is 0 Å². The van der Waals surface area contributed by atoms with Crippen molar-refractivity contribution in [2.45, 2.75) is 31.3 Å². The first-order chi connectivity index (χ1) is 9.99. The maximum Gasteiger partial charge on any atom is 0.308 e. The van der Waals surface area contributed by atoms with Gasteiger partial charge in [-0.25, -0.2) is 8.42 Å². The van der Waals surface area contributed by atoms with Crippen LogP contribution >= 0.6 is 0 Å². The highest BCUT2D eigenvalue weighted by Gasteiger charge is 2.53. The summed E-state index contributed by atoms with van der Waals surface area (Å²) < 4.78 is 26.4. The standard InChI is InChI=1S/C15H17NO4S/c17-15(18)13-10-12-6-7-14(13)16(12)21(19,20)9-8-11-4-2-1-3-5-11/h1-5,8-9,12-14H,6-7,10H2,(H,17,18). The summed E-state index contributed by atoms with van der Waals surface area (Å²) in [5.41, 5.74) is 0.808. The van der Waals surface area contributed by atoms with Crippen LogP contribution in [0.2, 0.25) is 0 Å². The van der Waals surface area contributed by atoms with E-state index in [2.05, 4.69) is 0 Å². The van der Waals surface area contributed by atoms with Crippen molar-refractivity contribution in [2.75, 3.05) is 0 Å². The second-order valence-electron chi connectivity index (χ2n) is 5.57. The summed E-state index contributed by atoms with van der Waals surface area (Å²) in [6, 6.07) is 8.64. The first kappa shape index (κ1) is 14.3. The molecule has 0 amide bonds. The third-order valence-corrected chi connectivity index (χ3v) is 5.95. The second kappa shape index (κ2) is 5.27. The zero-order valence-electron chi connectivity index (χ0n) is 11.4. The molecule has 2 aliphatic rings. The van der Waals surface area contributed by atoms with Gasteiger partial charge in [0.25, 0.3) is 0 Å². The molecule has 1 N–H and O–H groups in total. The quantitative estimate of drug-likeness (QED) is 0.922.